The van der Waals surface area contributed by atoms with Crippen molar-refractivity contribution in [2.24, 2.45) is 4.99 Å². The molecule has 10 heteroatoms. The van der Waals surface area contributed by atoms with Gasteiger partial charge < -0.3 is 4.74 Å². The number of nitro groups is 1. The molecule has 23 heavy (non-hydrogen) atoms. The molecule has 1 unspecified atom stereocenters. The van der Waals surface area contributed by atoms with E-state index < -0.39 is 20.9 Å². The highest BCUT2D eigenvalue weighted by molar-refractivity contribution is 7.89. The van der Waals surface area contributed by atoms with Crippen LogP contribution in [0.15, 0.2) is 52.2 Å². The Kier molecular flexibility index (Phi) is 4.66. The van der Waals surface area contributed by atoms with Gasteiger partial charge in [-0.1, -0.05) is 18.2 Å². The third-order valence-corrected chi connectivity index (χ3v) is 4.19. The summed E-state index contributed by atoms with van der Waals surface area (Å²) >= 11 is 0. The first-order valence-corrected chi connectivity index (χ1v) is 8.17. The Labute approximate surface area is 133 Å². The molecule has 0 amide bonds. The van der Waals surface area contributed by atoms with Crippen molar-refractivity contribution in [3.05, 3.63) is 52.4 Å². The van der Waals surface area contributed by atoms with Gasteiger partial charge in [0.05, 0.1) is 15.9 Å². The minimum Gasteiger partial charge on any atom is -0.476 e. The number of hydrogen-bond donors (Lipinski definition) is 2. The van der Waals surface area contributed by atoms with Crippen molar-refractivity contribution in [1.82, 2.24) is 10.0 Å². The fraction of sp³-hybridized carbons (Fsp3) is 0.308. The van der Waals surface area contributed by atoms with Gasteiger partial charge in [0.25, 0.3) is 0 Å². The summed E-state index contributed by atoms with van der Waals surface area (Å²) in [4.78, 5) is 14.1. The van der Waals surface area contributed by atoms with Gasteiger partial charge in [0.2, 0.25) is 10.0 Å². The van der Waals surface area contributed by atoms with Crippen LogP contribution in [0.2, 0.25) is 0 Å². The summed E-state index contributed by atoms with van der Waals surface area (Å²) in [5.74, 6) is -2.42. The second-order valence-electron chi connectivity index (χ2n) is 4.95. The predicted octanol–water partition coefficient (Wildman–Crippen LogP) is 0.793. The van der Waals surface area contributed by atoms with E-state index in [1.807, 2.05) is 4.72 Å². The van der Waals surface area contributed by atoms with Crippen LogP contribution < -0.4 is 10.0 Å². The molecule has 1 aromatic carbocycles. The number of rotatable bonds is 6. The molecule has 9 nitrogen and oxygen atoms in total. The average molecular weight is 340 g/mol. The van der Waals surface area contributed by atoms with Gasteiger partial charge in [-0.05, 0) is 26.0 Å². The Bertz CT molecular complexity index is 745. The fourth-order valence-electron chi connectivity index (χ4n) is 1.81. The molecule has 0 aromatic heterocycles. The average Bonchev–Trinajstić information content (AvgIpc) is 2.47. The zero-order chi connectivity index (χ0) is 17.1. The molecule has 1 atom stereocenters. The molecule has 1 heterocycles. The van der Waals surface area contributed by atoms with Crippen LogP contribution in [-0.2, 0) is 14.8 Å². The summed E-state index contributed by atoms with van der Waals surface area (Å²) in [5, 5.41) is 13.8. The lowest BCUT2D eigenvalue weighted by Gasteiger charge is -2.27. The Morgan fingerprint density at radius 2 is 2.00 bits per heavy atom. The van der Waals surface area contributed by atoms with Gasteiger partial charge in [0, 0.05) is 12.3 Å². The molecule has 0 saturated carbocycles. The van der Waals surface area contributed by atoms with Gasteiger partial charge in [0.15, 0.2) is 5.88 Å². The topological polar surface area (TPSA) is 123 Å². The van der Waals surface area contributed by atoms with E-state index >= 15 is 0 Å². The second-order valence-corrected chi connectivity index (χ2v) is 6.63. The van der Waals surface area contributed by atoms with Crippen molar-refractivity contribution in [2.45, 2.75) is 30.8 Å². The van der Waals surface area contributed by atoms with Gasteiger partial charge in [0.1, 0.15) is 0 Å². The highest BCUT2D eigenvalue weighted by Crippen LogP contribution is 2.17. The minimum atomic E-state index is -4.17. The number of nitrogens with one attached hydrogen (secondary N) is 2. The Balaban J connectivity index is 2.32. The SMILES string of the molecule is CC(C)OC1=CC=NC(NS(=O)(=O)c2ccccc2)([N+](=O)[O-])N1. The quantitative estimate of drug-likeness (QED) is 0.448. The van der Waals surface area contributed by atoms with E-state index in [2.05, 4.69) is 10.3 Å². The standard InChI is InChI=1S/C13H16N4O5S/c1-10(2)22-12-8-9-14-13(15-12,17(18)19)16-23(20,21)11-6-4-3-5-7-11/h3-10,15-16H,1-2H3. The van der Waals surface area contributed by atoms with Crippen LogP contribution in [0.3, 0.4) is 0 Å². The molecule has 1 aromatic rings. The lowest BCUT2D eigenvalue weighted by Crippen LogP contribution is -2.63. The lowest BCUT2D eigenvalue weighted by molar-refractivity contribution is -0.579. The van der Waals surface area contributed by atoms with Crippen LogP contribution in [0.4, 0.5) is 0 Å². The molecule has 1 aliphatic rings. The Morgan fingerprint density at radius 3 is 2.57 bits per heavy atom. The molecule has 2 rings (SSSR count). The number of nitrogens with zero attached hydrogens (tertiary/aromatic N) is 2. The summed E-state index contributed by atoms with van der Waals surface area (Å²) in [6, 6.07) is 7.31. The maximum absolute atomic E-state index is 12.3. The number of aliphatic imine (C=N–C) groups is 1. The zero-order valence-corrected chi connectivity index (χ0v) is 13.3. The Hall–Kier alpha value is -2.46. The van der Waals surface area contributed by atoms with Gasteiger partial charge in [-0.25, -0.2) is 8.42 Å². The highest BCUT2D eigenvalue weighted by Gasteiger charge is 2.49. The predicted molar refractivity (Wildman–Crippen MR) is 82.4 cm³/mol. The van der Waals surface area contributed by atoms with E-state index in [9.17, 15) is 18.5 Å². The number of ether oxygens (including phenoxy) is 1. The summed E-state index contributed by atoms with van der Waals surface area (Å²) in [7, 11) is -4.17. The van der Waals surface area contributed by atoms with E-state index in [0.717, 1.165) is 6.21 Å². The minimum absolute atomic E-state index is 0.0439. The van der Waals surface area contributed by atoms with Crippen molar-refractivity contribution in [2.75, 3.05) is 0 Å². The zero-order valence-electron chi connectivity index (χ0n) is 12.5. The molecule has 0 aliphatic carbocycles. The molecule has 1 aliphatic heterocycles. The number of allylic oxidation sites excluding steroid dienone is 1. The van der Waals surface area contributed by atoms with Gasteiger partial charge in [-0.15, -0.1) is 4.72 Å². The smallest absolute Gasteiger partial charge is 0.472 e. The first-order valence-electron chi connectivity index (χ1n) is 6.69. The van der Waals surface area contributed by atoms with Crippen LogP contribution in [0.1, 0.15) is 13.8 Å². The lowest BCUT2D eigenvalue weighted by atomic mass is 10.4. The van der Waals surface area contributed by atoms with Crippen molar-refractivity contribution < 1.29 is 18.1 Å². The number of sulfonamides is 1. The van der Waals surface area contributed by atoms with Crippen LogP contribution in [-0.4, -0.2) is 31.6 Å². The molecule has 0 fully saturated rings. The monoisotopic (exact) mass is 340 g/mol. The molecule has 0 saturated heterocycles. The highest BCUT2D eigenvalue weighted by atomic mass is 32.2. The van der Waals surface area contributed by atoms with E-state index in [0.29, 0.717) is 0 Å². The first kappa shape index (κ1) is 16.9. The van der Waals surface area contributed by atoms with E-state index in [1.54, 1.807) is 19.9 Å². The molecule has 0 radical (unpaired) electrons. The second kappa shape index (κ2) is 6.34. The normalized spacial score (nSPS) is 20.7. The van der Waals surface area contributed by atoms with Crippen molar-refractivity contribution in [3.8, 4) is 0 Å². The fourth-order valence-corrected chi connectivity index (χ4v) is 3.00. The van der Waals surface area contributed by atoms with Crippen LogP contribution in [0.5, 0.6) is 0 Å². The number of hydrogen-bond acceptors (Lipinski definition) is 7. The summed E-state index contributed by atoms with van der Waals surface area (Å²) in [6.07, 6.45) is 2.23. The van der Waals surface area contributed by atoms with Crippen LogP contribution >= 0.6 is 0 Å². The largest absolute Gasteiger partial charge is 0.476 e. The Morgan fingerprint density at radius 1 is 1.35 bits per heavy atom. The summed E-state index contributed by atoms with van der Waals surface area (Å²) in [6.45, 7) is 3.46. The molecular formula is C13H16N4O5S. The first-order chi connectivity index (χ1) is 10.8. The molecule has 0 spiro atoms. The third-order valence-electron chi connectivity index (χ3n) is 2.74. The van der Waals surface area contributed by atoms with Crippen molar-refractivity contribution in [1.29, 1.82) is 0 Å². The van der Waals surface area contributed by atoms with E-state index in [1.165, 1.54) is 30.3 Å². The van der Waals surface area contributed by atoms with E-state index in [4.69, 9.17) is 4.74 Å². The van der Waals surface area contributed by atoms with Gasteiger partial charge >= 0.3 is 5.91 Å². The van der Waals surface area contributed by atoms with Gasteiger partial charge in [-0.2, -0.15) is 4.99 Å². The van der Waals surface area contributed by atoms with E-state index in [-0.39, 0.29) is 16.9 Å². The van der Waals surface area contributed by atoms with Crippen LogP contribution in [0, 0.1) is 10.1 Å². The van der Waals surface area contributed by atoms with Gasteiger partial charge in [-0.3, -0.25) is 15.4 Å². The molecule has 0 bridgehead atoms. The maximum atomic E-state index is 12.3. The number of benzene rings is 1. The van der Waals surface area contributed by atoms with Crippen LogP contribution in [0.25, 0.3) is 0 Å². The van der Waals surface area contributed by atoms with Crippen molar-refractivity contribution >= 4 is 16.2 Å². The molecular weight excluding hydrogens is 324 g/mol. The molecule has 124 valence electrons. The molecule has 2 N–H and O–H groups in total. The van der Waals surface area contributed by atoms with Crippen molar-refractivity contribution in [3.63, 3.8) is 0 Å². The maximum Gasteiger partial charge on any atom is 0.472 e. The summed E-state index contributed by atoms with van der Waals surface area (Å²) in [5.41, 5.74) is 0. The summed E-state index contributed by atoms with van der Waals surface area (Å²) < 4.78 is 32.0. The third kappa shape index (κ3) is 3.85.